The van der Waals surface area contributed by atoms with E-state index in [0.29, 0.717) is 47.2 Å². The number of hydrogen-bond acceptors (Lipinski definition) is 13. The number of benzene rings is 6. The summed E-state index contributed by atoms with van der Waals surface area (Å²) in [6.07, 6.45) is -22.6. The standard InChI is InChI=1S/C19H25F3N2O2.C19H23F3N2O.2C18H22F4N2O.C17H18F3N3O.C14H16F3NO2/c1-11(2)24-10-15-14(18(24)26)7-12(8-16(15)19(20,21)22)6-13-9-23(3)5-4-17(13)25;1-10(2)24-9-16-15(18(24)25)5-12(6-17(16)19(20,21)22)11(3)23-7-13-4-14(13)8-23;1-10(2)24-8-13-12(16(24)25)5-11(6-14(13)18(20,21)22)7-23-9-15(19)17(23,3)4;1-10(2)24-7-14-13(16(24)25)5-12(6-15(14)18(20,21)22)11(3)23-8-17(4,19)9-23;1-10(2)23-8-14-13(16(23)24)6-12(7-15(14)17(18,19)20)11(3)22-5-4-21-9-22;1-7(2)18-6-11-10(13(18)20)4-9(8(3)19)5-12(11)14(15,16)17/h7-8,11,13,17,25H,4-6,9-10H2,1-3H3;5-6,10-11,13-14H,4,7-9H2,1-3H3;5-6,10,15H,7-9H2,1-4H3;5-6,10-11H,7-9H2,1-4H3;4-7,9-11H,8H2,1-3H3;4-5,7-8,19H,6H2,1-3H3. The molecule has 11 heterocycles. The molecule has 145 heavy (non-hydrogen) atoms. The van der Waals surface area contributed by atoms with Gasteiger partial charge in [-0.15, -0.1) is 0 Å². The van der Waals surface area contributed by atoms with Crippen molar-refractivity contribution in [3.8, 4) is 0 Å². The van der Waals surface area contributed by atoms with Gasteiger partial charge in [-0.1, -0.05) is 0 Å². The summed E-state index contributed by atoms with van der Waals surface area (Å²) in [6, 6.07) is 14.3. The summed E-state index contributed by atoms with van der Waals surface area (Å²) in [6.45, 7) is 37.3. The number of fused-ring (bicyclic) bond motifs is 7. The number of likely N-dealkylation sites (tertiary alicyclic amines) is 4. The van der Waals surface area contributed by atoms with Crippen LogP contribution in [0.1, 0.15) is 331 Å². The van der Waals surface area contributed by atoms with Crippen LogP contribution in [0.3, 0.4) is 0 Å². The second kappa shape index (κ2) is 41.3. The second-order valence-electron chi connectivity index (χ2n) is 42.7. The van der Waals surface area contributed by atoms with Crippen LogP contribution in [0.4, 0.5) is 87.8 Å². The lowest BCUT2D eigenvalue weighted by molar-refractivity contribution is -0.139. The number of imidazole rings is 1. The highest BCUT2D eigenvalue weighted by molar-refractivity contribution is 6.03. The number of carbonyl (C=O) groups is 6. The predicted octanol–water partition coefficient (Wildman–Crippen LogP) is 22.2. The van der Waals surface area contributed by atoms with Crippen LogP contribution in [0.5, 0.6) is 0 Å². The van der Waals surface area contributed by atoms with Gasteiger partial charge < -0.3 is 49.1 Å². The van der Waals surface area contributed by atoms with E-state index in [4.69, 9.17) is 0 Å². The van der Waals surface area contributed by atoms with Crippen molar-refractivity contribution < 1.29 is 127 Å². The van der Waals surface area contributed by atoms with Crippen LogP contribution in [0.2, 0.25) is 0 Å². The number of aliphatic hydroxyl groups excluding tert-OH is 2. The van der Waals surface area contributed by atoms with Crippen molar-refractivity contribution in [2.45, 2.75) is 318 Å². The zero-order valence-electron chi connectivity index (χ0n) is 84.6. The molecule has 1 aromatic heterocycles. The molecule has 1 saturated carbocycles. The maximum atomic E-state index is 13.7. The lowest BCUT2D eigenvalue weighted by Gasteiger charge is -2.51. The molecule has 40 heteroatoms. The Morgan fingerprint density at radius 2 is 0.690 bits per heavy atom. The van der Waals surface area contributed by atoms with E-state index in [9.17, 15) is 127 Å². The normalized spacial score (nSPS) is 21.7. The molecule has 18 rings (SSSR count). The van der Waals surface area contributed by atoms with Gasteiger partial charge in [-0.3, -0.25) is 43.5 Å². The summed E-state index contributed by atoms with van der Waals surface area (Å²) in [5.74, 6) is -0.822. The minimum Gasteiger partial charge on any atom is -0.393 e. The Morgan fingerprint density at radius 3 is 0.986 bits per heavy atom. The average molecular weight is 2060 g/mol. The summed E-state index contributed by atoms with van der Waals surface area (Å²) in [7, 11) is 1.94. The van der Waals surface area contributed by atoms with Gasteiger partial charge in [-0.25, -0.2) is 13.8 Å². The molecule has 5 fully saturated rings. The van der Waals surface area contributed by atoms with Gasteiger partial charge in [0.2, 0.25) is 0 Å². The van der Waals surface area contributed by atoms with Crippen molar-refractivity contribution in [3.05, 3.63) is 225 Å². The molecule has 10 aliphatic heterocycles. The Kier molecular flexibility index (Phi) is 31.9. The first-order valence-corrected chi connectivity index (χ1v) is 48.8. The van der Waals surface area contributed by atoms with Crippen molar-refractivity contribution in [2.24, 2.45) is 17.8 Å². The number of carbonyl (C=O) groups excluding carboxylic acids is 6. The van der Waals surface area contributed by atoms with Gasteiger partial charge in [-0.2, -0.15) is 79.0 Å². The lowest BCUT2D eigenvalue weighted by Crippen LogP contribution is -2.64. The first-order chi connectivity index (χ1) is 66.9. The van der Waals surface area contributed by atoms with E-state index in [1.54, 1.807) is 154 Å². The fourth-order valence-electron chi connectivity index (χ4n) is 20.8. The smallest absolute Gasteiger partial charge is 0.393 e. The van der Waals surface area contributed by atoms with Crippen molar-refractivity contribution in [3.63, 3.8) is 0 Å². The van der Waals surface area contributed by atoms with Gasteiger partial charge in [0, 0.05) is 197 Å². The summed E-state index contributed by atoms with van der Waals surface area (Å²) in [4.78, 5) is 95.5. The Hall–Kier alpha value is -10.3. The molecule has 20 nitrogen and oxygen atoms in total. The van der Waals surface area contributed by atoms with E-state index in [0.717, 1.165) is 61.8 Å². The number of alkyl halides is 20. The van der Waals surface area contributed by atoms with Crippen LogP contribution in [0.25, 0.3) is 0 Å². The molecule has 4 saturated heterocycles. The molecule has 0 radical (unpaired) electrons. The van der Waals surface area contributed by atoms with Crippen LogP contribution < -0.4 is 0 Å². The molecule has 11 aliphatic rings. The van der Waals surface area contributed by atoms with Crippen molar-refractivity contribution >= 4 is 35.4 Å². The van der Waals surface area contributed by atoms with E-state index in [1.165, 1.54) is 67.9 Å². The molecule has 794 valence electrons. The van der Waals surface area contributed by atoms with Crippen LogP contribution in [-0.2, 0) is 89.3 Å². The molecule has 9 atom stereocenters. The number of amides is 6. The Balaban J connectivity index is 0.000000146. The number of hydrogen-bond donors (Lipinski definition) is 2. The van der Waals surface area contributed by atoms with Gasteiger partial charge in [0.15, 0.2) is 0 Å². The molecule has 0 bridgehead atoms. The number of aliphatic hydroxyl groups is 2. The van der Waals surface area contributed by atoms with Crippen molar-refractivity contribution in [2.75, 3.05) is 52.9 Å². The maximum absolute atomic E-state index is 13.7. The number of rotatable bonds is 17. The van der Waals surface area contributed by atoms with E-state index in [-0.39, 0.29) is 228 Å². The zero-order chi connectivity index (χ0) is 108. The summed E-state index contributed by atoms with van der Waals surface area (Å²) in [5, 5.41) is 19.7. The van der Waals surface area contributed by atoms with E-state index in [1.807, 2.05) is 27.8 Å². The van der Waals surface area contributed by atoms with Gasteiger partial charge in [-0.05, 0) is 309 Å². The van der Waals surface area contributed by atoms with E-state index < -0.39 is 106 Å². The third-order valence-electron chi connectivity index (χ3n) is 30.0. The van der Waals surface area contributed by atoms with E-state index >= 15 is 0 Å². The largest absolute Gasteiger partial charge is 0.416 e. The van der Waals surface area contributed by atoms with Crippen molar-refractivity contribution in [1.29, 1.82) is 0 Å². The molecule has 6 aromatic carbocycles. The Labute approximate surface area is 830 Å². The quantitative estimate of drug-likeness (QED) is 0.0819. The topological polar surface area (TPSA) is 193 Å². The molecular formula is C105H126F20N12O8. The Bertz CT molecular complexity index is 6000. The first kappa shape index (κ1) is 112. The molecular weight excluding hydrogens is 1940 g/mol. The van der Waals surface area contributed by atoms with E-state index in [2.05, 4.69) is 14.8 Å². The number of piperidine rings is 2. The minimum absolute atomic E-state index is 0.000410. The fraction of sp³-hybridized carbons (Fsp3) is 0.571. The van der Waals surface area contributed by atoms with Crippen LogP contribution in [-0.4, -0.2) is 217 Å². The molecule has 6 amide bonds. The van der Waals surface area contributed by atoms with Gasteiger partial charge in [0.1, 0.15) is 11.8 Å². The van der Waals surface area contributed by atoms with Gasteiger partial charge in [0.25, 0.3) is 35.4 Å². The highest BCUT2D eigenvalue weighted by Gasteiger charge is 2.53. The van der Waals surface area contributed by atoms with Gasteiger partial charge in [0.05, 0.1) is 58.0 Å². The highest BCUT2D eigenvalue weighted by atomic mass is 19.4. The summed E-state index contributed by atoms with van der Waals surface area (Å²) < 4.78 is 272. The molecule has 2 N–H and O–H groups in total. The summed E-state index contributed by atoms with van der Waals surface area (Å²) in [5.41, 5.74) is -2.85. The minimum atomic E-state index is -4.54. The van der Waals surface area contributed by atoms with Crippen molar-refractivity contribution in [1.82, 2.24) is 58.6 Å². The van der Waals surface area contributed by atoms with Gasteiger partial charge >= 0.3 is 37.1 Å². The average Bonchev–Trinajstić information content (AvgIpc) is 1.65. The SMILES string of the molecule is CC(C)N1Cc2c(cc(C(C)n3ccnc3)cc2C(F)(F)F)C1=O.CC(C)N1Cc2c(cc(CC3CN(C)CCC3O)cc2C(F)(F)F)C1=O.CC(C)N1Cc2c(cc(CN3CC(F)C3(C)C)cc2C(F)(F)F)C1=O.CC(O)c1cc2c(c(C(F)(F)F)c1)CN(C(C)C)C2=O.CC(c1cc2c(c(C(F)(F)F)c1)CN(C(C)C)C2=O)N1CC(C)(F)C1.CC(c1cc2c(c(C(F)(F)F)c1)CN(C(C)C)C2=O)N1CC2CC2C1. The second-order valence-corrected chi connectivity index (χ2v) is 42.7. The highest BCUT2D eigenvalue weighted by Crippen LogP contribution is 2.52. The maximum Gasteiger partial charge on any atom is 0.416 e. The fourth-order valence-corrected chi connectivity index (χ4v) is 20.8. The first-order valence-electron chi connectivity index (χ1n) is 48.8. The molecule has 7 aromatic rings. The van der Waals surface area contributed by atoms with Crippen LogP contribution in [0.15, 0.2) is 91.5 Å². The third kappa shape index (κ3) is 23.6. The molecule has 1 aliphatic carbocycles. The number of aromatic nitrogens is 2. The lowest BCUT2D eigenvalue weighted by atomic mass is 9.86. The zero-order valence-corrected chi connectivity index (χ0v) is 84.6. The van der Waals surface area contributed by atoms with Crippen LogP contribution >= 0.6 is 0 Å². The summed E-state index contributed by atoms with van der Waals surface area (Å²) >= 11 is 0. The Morgan fingerprint density at radius 1 is 0.393 bits per heavy atom. The number of halogens is 20. The van der Waals surface area contributed by atoms with Crippen LogP contribution in [0, 0.1) is 17.8 Å². The monoisotopic (exact) mass is 2060 g/mol. The predicted molar refractivity (Wildman–Crippen MR) is 501 cm³/mol. The third-order valence-corrected chi connectivity index (χ3v) is 30.0. The molecule has 9 unspecified atom stereocenters. The molecule has 0 spiro atoms. The number of nitrogens with zero attached hydrogens (tertiary/aromatic N) is 12.